The Hall–Kier alpha value is -2.94. The van der Waals surface area contributed by atoms with Crippen molar-refractivity contribution in [2.45, 2.75) is 6.92 Å². The first-order valence-electron chi connectivity index (χ1n) is 7.28. The van der Waals surface area contributed by atoms with Crippen molar-refractivity contribution in [3.05, 3.63) is 78.6 Å². The number of benzene rings is 2. The van der Waals surface area contributed by atoms with Crippen LogP contribution in [-0.4, -0.2) is 14.5 Å². The van der Waals surface area contributed by atoms with Gasteiger partial charge in [0.05, 0.1) is 11.0 Å². The average Bonchev–Trinajstić information content (AvgIpc) is 2.95. The molecule has 0 saturated carbocycles. The minimum atomic E-state index is 0.917. The molecule has 4 rings (SSSR count). The lowest BCUT2D eigenvalue weighted by Gasteiger charge is -2.09. The van der Waals surface area contributed by atoms with E-state index in [1.807, 2.05) is 36.5 Å². The minimum Gasteiger partial charge on any atom is -0.292 e. The number of aryl methyl sites for hydroxylation is 1. The topological polar surface area (TPSA) is 30.7 Å². The Morgan fingerprint density at radius 1 is 0.909 bits per heavy atom. The molecule has 22 heavy (non-hydrogen) atoms. The lowest BCUT2D eigenvalue weighted by molar-refractivity contribution is 1.10. The summed E-state index contributed by atoms with van der Waals surface area (Å²) in [6, 6.07) is 20.6. The predicted molar refractivity (Wildman–Crippen MR) is 89.0 cm³/mol. The van der Waals surface area contributed by atoms with Crippen LogP contribution < -0.4 is 0 Å². The molecule has 106 valence electrons. The molecule has 0 unspecified atom stereocenters. The molecule has 2 heterocycles. The van der Waals surface area contributed by atoms with Crippen LogP contribution in [0, 0.1) is 6.92 Å². The van der Waals surface area contributed by atoms with Gasteiger partial charge >= 0.3 is 0 Å². The third kappa shape index (κ3) is 2.07. The SMILES string of the molecule is Cc1ccc2nc(-c3cccnc3)n(-c3ccccc3)c2c1. The van der Waals surface area contributed by atoms with Crippen molar-refractivity contribution in [2.75, 3.05) is 0 Å². The van der Waals surface area contributed by atoms with Crippen molar-refractivity contribution in [2.24, 2.45) is 0 Å². The molecule has 3 heteroatoms. The summed E-state index contributed by atoms with van der Waals surface area (Å²) in [6.07, 6.45) is 3.64. The maximum absolute atomic E-state index is 4.82. The summed E-state index contributed by atoms with van der Waals surface area (Å²) in [7, 11) is 0. The number of nitrogens with zero attached hydrogens (tertiary/aromatic N) is 3. The predicted octanol–water partition coefficient (Wildman–Crippen LogP) is 4.40. The van der Waals surface area contributed by atoms with Crippen LogP contribution in [-0.2, 0) is 0 Å². The van der Waals surface area contributed by atoms with Crippen LogP contribution in [0.25, 0.3) is 28.1 Å². The highest BCUT2D eigenvalue weighted by atomic mass is 15.1. The maximum atomic E-state index is 4.82. The average molecular weight is 285 g/mol. The second-order valence-electron chi connectivity index (χ2n) is 5.34. The van der Waals surface area contributed by atoms with Crippen LogP contribution in [0.15, 0.2) is 73.1 Å². The van der Waals surface area contributed by atoms with Crippen molar-refractivity contribution in [3.63, 3.8) is 0 Å². The first kappa shape index (κ1) is 12.8. The van der Waals surface area contributed by atoms with Gasteiger partial charge in [0.1, 0.15) is 5.82 Å². The Labute approximate surface area is 128 Å². The van der Waals surface area contributed by atoms with Gasteiger partial charge in [0.2, 0.25) is 0 Å². The van der Waals surface area contributed by atoms with E-state index < -0.39 is 0 Å². The molecular formula is C19H15N3. The Morgan fingerprint density at radius 2 is 1.77 bits per heavy atom. The minimum absolute atomic E-state index is 0.917. The van der Waals surface area contributed by atoms with Gasteiger partial charge in [-0.1, -0.05) is 24.3 Å². The molecule has 0 spiro atoms. The molecule has 0 aliphatic rings. The molecule has 4 aromatic rings. The number of hydrogen-bond donors (Lipinski definition) is 0. The second-order valence-corrected chi connectivity index (χ2v) is 5.34. The van der Waals surface area contributed by atoms with Gasteiger partial charge in [0, 0.05) is 23.6 Å². The third-order valence-corrected chi connectivity index (χ3v) is 3.74. The van der Waals surface area contributed by atoms with Gasteiger partial charge in [-0.3, -0.25) is 9.55 Å². The zero-order valence-electron chi connectivity index (χ0n) is 12.3. The van der Waals surface area contributed by atoms with E-state index in [2.05, 4.69) is 46.8 Å². The Kier molecular flexibility index (Phi) is 2.97. The Morgan fingerprint density at radius 3 is 2.55 bits per heavy atom. The Balaban J connectivity index is 2.08. The molecule has 0 N–H and O–H groups in total. The van der Waals surface area contributed by atoms with Crippen LogP contribution in [0.1, 0.15) is 5.56 Å². The first-order valence-corrected chi connectivity index (χ1v) is 7.28. The summed E-state index contributed by atoms with van der Waals surface area (Å²) < 4.78 is 2.19. The van der Waals surface area contributed by atoms with Crippen molar-refractivity contribution in [1.82, 2.24) is 14.5 Å². The van der Waals surface area contributed by atoms with Crippen molar-refractivity contribution in [1.29, 1.82) is 0 Å². The fraction of sp³-hybridized carbons (Fsp3) is 0.0526. The van der Waals surface area contributed by atoms with Gasteiger partial charge in [0.25, 0.3) is 0 Å². The lowest BCUT2D eigenvalue weighted by Crippen LogP contribution is -1.97. The highest BCUT2D eigenvalue weighted by molar-refractivity contribution is 5.83. The van der Waals surface area contributed by atoms with E-state index >= 15 is 0 Å². The third-order valence-electron chi connectivity index (χ3n) is 3.74. The maximum Gasteiger partial charge on any atom is 0.147 e. The molecule has 3 nitrogen and oxygen atoms in total. The molecule has 0 saturated heterocycles. The number of hydrogen-bond acceptors (Lipinski definition) is 2. The molecule has 0 aliphatic heterocycles. The molecule has 0 radical (unpaired) electrons. The molecule has 0 bridgehead atoms. The molecule has 0 fully saturated rings. The summed E-state index contributed by atoms with van der Waals surface area (Å²) in [6.45, 7) is 2.10. The van der Waals surface area contributed by atoms with Crippen molar-refractivity contribution in [3.8, 4) is 17.1 Å². The van der Waals surface area contributed by atoms with Crippen molar-refractivity contribution < 1.29 is 0 Å². The van der Waals surface area contributed by atoms with E-state index in [4.69, 9.17) is 4.98 Å². The van der Waals surface area contributed by atoms with E-state index in [0.717, 1.165) is 28.1 Å². The number of pyridine rings is 1. The first-order chi connectivity index (χ1) is 10.8. The number of imidazole rings is 1. The largest absolute Gasteiger partial charge is 0.292 e. The Bertz CT molecular complexity index is 925. The van der Waals surface area contributed by atoms with Gasteiger partial charge in [-0.15, -0.1) is 0 Å². The number of rotatable bonds is 2. The highest BCUT2D eigenvalue weighted by Crippen LogP contribution is 2.28. The lowest BCUT2D eigenvalue weighted by atomic mass is 10.2. The van der Waals surface area contributed by atoms with E-state index in [1.165, 1.54) is 5.56 Å². The second kappa shape index (κ2) is 5.11. The van der Waals surface area contributed by atoms with Crippen LogP contribution in [0.4, 0.5) is 0 Å². The van der Waals surface area contributed by atoms with Gasteiger partial charge in [-0.25, -0.2) is 4.98 Å². The highest BCUT2D eigenvalue weighted by Gasteiger charge is 2.14. The zero-order chi connectivity index (χ0) is 14.9. The fourth-order valence-electron chi connectivity index (χ4n) is 2.71. The molecular weight excluding hydrogens is 270 g/mol. The number of para-hydroxylation sites is 1. The fourth-order valence-corrected chi connectivity index (χ4v) is 2.71. The normalized spacial score (nSPS) is 11.0. The zero-order valence-corrected chi connectivity index (χ0v) is 12.3. The van der Waals surface area contributed by atoms with Crippen molar-refractivity contribution >= 4 is 11.0 Å². The standard InChI is InChI=1S/C19H15N3/c1-14-9-10-17-18(12-14)22(16-7-3-2-4-8-16)19(21-17)15-6-5-11-20-13-15/h2-13H,1H3. The van der Waals surface area contributed by atoms with Gasteiger partial charge in [-0.05, 0) is 48.9 Å². The van der Waals surface area contributed by atoms with E-state index in [1.54, 1.807) is 6.20 Å². The summed E-state index contributed by atoms with van der Waals surface area (Å²) in [5, 5.41) is 0. The van der Waals surface area contributed by atoms with E-state index in [-0.39, 0.29) is 0 Å². The molecule has 0 aliphatic carbocycles. The number of aromatic nitrogens is 3. The van der Waals surface area contributed by atoms with Crippen LogP contribution >= 0.6 is 0 Å². The number of fused-ring (bicyclic) bond motifs is 1. The monoisotopic (exact) mass is 285 g/mol. The van der Waals surface area contributed by atoms with E-state index in [0.29, 0.717) is 0 Å². The van der Waals surface area contributed by atoms with Gasteiger partial charge in [0.15, 0.2) is 0 Å². The molecule has 0 atom stereocenters. The van der Waals surface area contributed by atoms with E-state index in [9.17, 15) is 0 Å². The van der Waals surface area contributed by atoms with Crippen LogP contribution in [0.3, 0.4) is 0 Å². The smallest absolute Gasteiger partial charge is 0.147 e. The summed E-state index contributed by atoms with van der Waals surface area (Å²) in [5.41, 5.74) is 5.45. The molecule has 2 aromatic heterocycles. The van der Waals surface area contributed by atoms with Gasteiger partial charge < -0.3 is 0 Å². The van der Waals surface area contributed by atoms with Gasteiger partial charge in [-0.2, -0.15) is 0 Å². The molecule has 2 aromatic carbocycles. The molecule has 0 amide bonds. The summed E-state index contributed by atoms with van der Waals surface area (Å²) >= 11 is 0. The quantitative estimate of drug-likeness (QED) is 0.546. The summed E-state index contributed by atoms with van der Waals surface area (Å²) in [5.74, 6) is 0.917. The summed E-state index contributed by atoms with van der Waals surface area (Å²) in [4.78, 5) is 9.05. The van der Waals surface area contributed by atoms with Crippen LogP contribution in [0.2, 0.25) is 0 Å². The van der Waals surface area contributed by atoms with Crippen LogP contribution in [0.5, 0.6) is 0 Å².